The average Bonchev–Trinajstić information content (AvgIpc) is 2.90. The molecule has 3 heteroatoms. The van der Waals surface area contributed by atoms with Gasteiger partial charge in [-0.2, -0.15) is 0 Å². The second-order valence-electron chi connectivity index (χ2n) is 5.90. The number of hydrogen-bond donors (Lipinski definition) is 1. The number of imidazole rings is 1. The molecule has 1 saturated carbocycles. The van der Waals surface area contributed by atoms with E-state index in [2.05, 4.69) is 35.0 Å². The van der Waals surface area contributed by atoms with Gasteiger partial charge >= 0.3 is 0 Å². The summed E-state index contributed by atoms with van der Waals surface area (Å²) in [6.07, 6.45) is 15.0. The molecule has 0 amide bonds. The lowest BCUT2D eigenvalue weighted by molar-refractivity contribution is 0.313. The fourth-order valence-corrected chi connectivity index (χ4v) is 3.34. The zero-order valence-electron chi connectivity index (χ0n) is 12.6. The molecular weight excluding hydrogens is 234 g/mol. The van der Waals surface area contributed by atoms with Gasteiger partial charge in [-0.25, -0.2) is 4.98 Å². The van der Waals surface area contributed by atoms with Crippen molar-refractivity contribution in [2.75, 3.05) is 7.05 Å². The molecule has 108 valence electrons. The van der Waals surface area contributed by atoms with Gasteiger partial charge in [0.1, 0.15) is 5.82 Å². The van der Waals surface area contributed by atoms with E-state index in [1.54, 1.807) is 0 Å². The minimum atomic E-state index is 0.420. The van der Waals surface area contributed by atoms with E-state index in [0.717, 1.165) is 12.5 Å². The highest BCUT2D eigenvalue weighted by Crippen LogP contribution is 2.30. The average molecular weight is 263 g/mol. The summed E-state index contributed by atoms with van der Waals surface area (Å²) in [6.45, 7) is 3.30. The van der Waals surface area contributed by atoms with E-state index in [-0.39, 0.29) is 0 Å². The van der Waals surface area contributed by atoms with Crippen LogP contribution in [0.4, 0.5) is 0 Å². The van der Waals surface area contributed by atoms with Crippen LogP contribution in [0.25, 0.3) is 0 Å². The second kappa shape index (κ2) is 7.68. The summed E-state index contributed by atoms with van der Waals surface area (Å²) in [5, 5.41) is 3.46. The summed E-state index contributed by atoms with van der Waals surface area (Å²) in [5.74, 6) is 2.18. The Kier molecular flexibility index (Phi) is 5.90. The van der Waals surface area contributed by atoms with Crippen molar-refractivity contribution in [1.82, 2.24) is 14.9 Å². The fourth-order valence-electron chi connectivity index (χ4n) is 3.34. The Morgan fingerprint density at radius 1 is 1.37 bits per heavy atom. The monoisotopic (exact) mass is 263 g/mol. The highest BCUT2D eigenvalue weighted by atomic mass is 15.1. The Balaban J connectivity index is 1.89. The summed E-state index contributed by atoms with van der Waals surface area (Å²) in [7, 11) is 2.07. The van der Waals surface area contributed by atoms with Crippen molar-refractivity contribution in [3.63, 3.8) is 0 Å². The van der Waals surface area contributed by atoms with E-state index in [0.29, 0.717) is 6.04 Å². The predicted molar refractivity (Wildman–Crippen MR) is 80.1 cm³/mol. The van der Waals surface area contributed by atoms with Gasteiger partial charge in [0.25, 0.3) is 0 Å². The summed E-state index contributed by atoms with van der Waals surface area (Å²) in [5.41, 5.74) is 0. The van der Waals surface area contributed by atoms with Crippen molar-refractivity contribution in [2.45, 2.75) is 70.9 Å². The number of nitrogens with zero attached hydrogens (tertiary/aromatic N) is 2. The summed E-state index contributed by atoms with van der Waals surface area (Å²) < 4.78 is 2.31. The van der Waals surface area contributed by atoms with Crippen LogP contribution < -0.4 is 5.32 Å². The molecule has 1 fully saturated rings. The minimum absolute atomic E-state index is 0.420. The normalized spacial score (nSPS) is 18.6. The summed E-state index contributed by atoms with van der Waals surface area (Å²) in [6, 6.07) is 0.420. The number of aryl methyl sites for hydroxylation is 1. The summed E-state index contributed by atoms with van der Waals surface area (Å²) in [4.78, 5) is 4.57. The lowest BCUT2D eigenvalue weighted by atomic mass is 9.85. The van der Waals surface area contributed by atoms with Crippen molar-refractivity contribution in [1.29, 1.82) is 0 Å². The van der Waals surface area contributed by atoms with Gasteiger partial charge in [0.05, 0.1) is 6.04 Å². The molecule has 1 unspecified atom stereocenters. The van der Waals surface area contributed by atoms with Crippen LogP contribution in [0.3, 0.4) is 0 Å². The van der Waals surface area contributed by atoms with Crippen LogP contribution >= 0.6 is 0 Å². The maximum Gasteiger partial charge on any atom is 0.125 e. The van der Waals surface area contributed by atoms with Crippen LogP contribution in [-0.2, 0) is 6.54 Å². The van der Waals surface area contributed by atoms with Gasteiger partial charge in [-0.1, -0.05) is 39.0 Å². The van der Waals surface area contributed by atoms with Crippen LogP contribution in [0.5, 0.6) is 0 Å². The lowest BCUT2D eigenvalue weighted by Gasteiger charge is -2.24. The van der Waals surface area contributed by atoms with E-state index in [1.165, 1.54) is 57.2 Å². The molecule has 0 aromatic carbocycles. The van der Waals surface area contributed by atoms with E-state index < -0.39 is 0 Å². The molecule has 1 aliphatic carbocycles. The molecule has 0 spiro atoms. The minimum Gasteiger partial charge on any atom is -0.334 e. The molecule has 0 aliphatic heterocycles. The SMILES string of the molecule is CCCn1ccnc1C(CCC1CCCCC1)NC. The van der Waals surface area contributed by atoms with Gasteiger partial charge in [-0.3, -0.25) is 0 Å². The standard InChI is InChI=1S/C16H29N3/c1-3-12-19-13-11-18-16(19)15(17-2)10-9-14-7-5-4-6-8-14/h11,13-15,17H,3-10,12H2,1-2H3. The van der Waals surface area contributed by atoms with E-state index in [1.807, 2.05) is 6.20 Å². The molecule has 1 N–H and O–H groups in total. The third-order valence-electron chi connectivity index (χ3n) is 4.46. The molecule has 1 aliphatic rings. The zero-order chi connectivity index (χ0) is 13.5. The highest BCUT2D eigenvalue weighted by molar-refractivity contribution is 4.99. The van der Waals surface area contributed by atoms with E-state index >= 15 is 0 Å². The van der Waals surface area contributed by atoms with Crippen LogP contribution in [-0.4, -0.2) is 16.6 Å². The maximum absolute atomic E-state index is 4.57. The van der Waals surface area contributed by atoms with Gasteiger partial charge in [-0.05, 0) is 32.2 Å². The van der Waals surface area contributed by atoms with Crippen LogP contribution in [0, 0.1) is 5.92 Å². The van der Waals surface area contributed by atoms with Crippen molar-refractivity contribution in [3.05, 3.63) is 18.2 Å². The topological polar surface area (TPSA) is 29.9 Å². The van der Waals surface area contributed by atoms with Crippen molar-refractivity contribution >= 4 is 0 Å². The predicted octanol–water partition coefficient (Wildman–Crippen LogP) is 3.91. The van der Waals surface area contributed by atoms with E-state index in [4.69, 9.17) is 0 Å². The molecule has 1 heterocycles. The number of hydrogen-bond acceptors (Lipinski definition) is 2. The Labute approximate surface area is 117 Å². The van der Waals surface area contributed by atoms with Gasteiger partial charge in [-0.15, -0.1) is 0 Å². The van der Waals surface area contributed by atoms with Crippen LogP contribution in [0.1, 0.15) is 70.2 Å². The number of aromatic nitrogens is 2. The Hall–Kier alpha value is -0.830. The molecule has 1 aromatic heterocycles. The second-order valence-corrected chi connectivity index (χ2v) is 5.90. The van der Waals surface area contributed by atoms with E-state index in [9.17, 15) is 0 Å². The van der Waals surface area contributed by atoms with Gasteiger partial charge in [0, 0.05) is 18.9 Å². The third kappa shape index (κ3) is 4.07. The first-order valence-electron chi connectivity index (χ1n) is 8.03. The van der Waals surface area contributed by atoms with Gasteiger partial charge < -0.3 is 9.88 Å². The smallest absolute Gasteiger partial charge is 0.125 e. The molecule has 3 nitrogen and oxygen atoms in total. The molecule has 0 radical (unpaired) electrons. The molecule has 19 heavy (non-hydrogen) atoms. The molecule has 2 rings (SSSR count). The van der Waals surface area contributed by atoms with Crippen LogP contribution in [0.2, 0.25) is 0 Å². The third-order valence-corrected chi connectivity index (χ3v) is 4.46. The van der Waals surface area contributed by atoms with Crippen LogP contribution in [0.15, 0.2) is 12.4 Å². The first-order chi connectivity index (χ1) is 9.35. The first kappa shape index (κ1) is 14.6. The molecular formula is C16H29N3. The first-order valence-corrected chi connectivity index (χ1v) is 8.03. The van der Waals surface area contributed by atoms with Gasteiger partial charge in [0.2, 0.25) is 0 Å². The Bertz CT molecular complexity index is 353. The molecule has 1 atom stereocenters. The molecule has 1 aromatic rings. The quantitative estimate of drug-likeness (QED) is 0.808. The number of rotatable bonds is 7. The summed E-state index contributed by atoms with van der Waals surface area (Å²) >= 11 is 0. The lowest BCUT2D eigenvalue weighted by Crippen LogP contribution is -2.22. The van der Waals surface area contributed by atoms with Gasteiger partial charge in [0.15, 0.2) is 0 Å². The fraction of sp³-hybridized carbons (Fsp3) is 0.812. The van der Waals surface area contributed by atoms with Crippen molar-refractivity contribution in [3.8, 4) is 0 Å². The Morgan fingerprint density at radius 2 is 2.16 bits per heavy atom. The molecule has 0 bridgehead atoms. The van der Waals surface area contributed by atoms with Crippen molar-refractivity contribution in [2.24, 2.45) is 5.92 Å². The Morgan fingerprint density at radius 3 is 2.84 bits per heavy atom. The maximum atomic E-state index is 4.57. The number of nitrogens with one attached hydrogen (secondary N) is 1. The molecule has 0 saturated heterocycles. The van der Waals surface area contributed by atoms with Crippen molar-refractivity contribution < 1.29 is 0 Å². The highest BCUT2D eigenvalue weighted by Gasteiger charge is 2.19. The largest absolute Gasteiger partial charge is 0.334 e. The zero-order valence-corrected chi connectivity index (χ0v) is 12.6.